The van der Waals surface area contributed by atoms with Crippen molar-refractivity contribution < 1.29 is 4.74 Å². The van der Waals surface area contributed by atoms with E-state index in [4.69, 9.17) is 4.74 Å². The lowest BCUT2D eigenvalue weighted by atomic mass is 9.80. The summed E-state index contributed by atoms with van der Waals surface area (Å²) in [7, 11) is 0. The predicted molar refractivity (Wildman–Crippen MR) is 85.0 cm³/mol. The molecule has 1 aromatic rings. The smallest absolute Gasteiger partial charge is 0.125 e. The SMILES string of the molecule is CCOC1(c2ncc(CNC(C)C)s2)CCC(C)CC1. The summed E-state index contributed by atoms with van der Waals surface area (Å²) in [5.41, 5.74) is -0.109. The molecule has 1 fully saturated rings. The van der Waals surface area contributed by atoms with E-state index in [1.165, 1.54) is 22.7 Å². The van der Waals surface area contributed by atoms with Crippen molar-refractivity contribution in [3.8, 4) is 0 Å². The minimum absolute atomic E-state index is 0.109. The van der Waals surface area contributed by atoms with Gasteiger partial charge >= 0.3 is 0 Å². The molecule has 0 unspecified atom stereocenters. The summed E-state index contributed by atoms with van der Waals surface area (Å²) in [4.78, 5) is 6.00. The third kappa shape index (κ3) is 3.80. The van der Waals surface area contributed by atoms with Crippen LogP contribution in [-0.4, -0.2) is 17.6 Å². The molecule has 4 heteroatoms. The highest BCUT2D eigenvalue weighted by Crippen LogP contribution is 2.43. The van der Waals surface area contributed by atoms with Crippen LogP contribution in [0, 0.1) is 5.92 Å². The molecule has 0 atom stereocenters. The number of ether oxygens (including phenoxy) is 1. The highest BCUT2D eigenvalue weighted by Gasteiger charge is 2.39. The molecule has 1 aliphatic rings. The monoisotopic (exact) mass is 296 g/mol. The minimum Gasteiger partial charge on any atom is -0.368 e. The molecular formula is C16H28N2OS. The van der Waals surface area contributed by atoms with Crippen LogP contribution in [0.4, 0.5) is 0 Å². The van der Waals surface area contributed by atoms with Crippen LogP contribution in [0.25, 0.3) is 0 Å². The Kier molecular flexibility index (Phi) is 5.58. The molecule has 1 N–H and O–H groups in total. The van der Waals surface area contributed by atoms with Crippen molar-refractivity contribution in [3.05, 3.63) is 16.1 Å². The summed E-state index contributed by atoms with van der Waals surface area (Å²) in [5, 5.41) is 4.65. The third-order valence-corrected chi connectivity index (χ3v) is 5.31. The van der Waals surface area contributed by atoms with Gasteiger partial charge in [0.15, 0.2) is 0 Å². The van der Waals surface area contributed by atoms with Crippen molar-refractivity contribution in [3.63, 3.8) is 0 Å². The molecule has 0 bridgehead atoms. The Morgan fingerprint density at radius 2 is 2.15 bits per heavy atom. The van der Waals surface area contributed by atoms with E-state index in [0.717, 1.165) is 31.9 Å². The Morgan fingerprint density at radius 1 is 1.45 bits per heavy atom. The Hall–Kier alpha value is -0.450. The molecule has 1 aliphatic carbocycles. The molecule has 114 valence electrons. The molecule has 20 heavy (non-hydrogen) atoms. The zero-order valence-electron chi connectivity index (χ0n) is 13.2. The number of thiazole rings is 1. The van der Waals surface area contributed by atoms with Gasteiger partial charge in [0.1, 0.15) is 10.6 Å². The zero-order chi connectivity index (χ0) is 14.6. The Balaban J connectivity index is 2.09. The Bertz CT molecular complexity index is 408. The van der Waals surface area contributed by atoms with Crippen LogP contribution in [0.15, 0.2) is 6.20 Å². The molecule has 2 rings (SSSR count). The topological polar surface area (TPSA) is 34.1 Å². The van der Waals surface area contributed by atoms with Crippen molar-refractivity contribution in [2.24, 2.45) is 5.92 Å². The van der Waals surface area contributed by atoms with Crippen LogP contribution in [-0.2, 0) is 16.9 Å². The molecule has 0 radical (unpaired) electrons. The van der Waals surface area contributed by atoms with Crippen molar-refractivity contribution in [1.82, 2.24) is 10.3 Å². The van der Waals surface area contributed by atoms with Gasteiger partial charge in [0.25, 0.3) is 0 Å². The third-order valence-electron chi connectivity index (χ3n) is 4.13. The second-order valence-corrected chi connectivity index (χ2v) is 7.39. The van der Waals surface area contributed by atoms with Gasteiger partial charge in [-0.25, -0.2) is 4.98 Å². The van der Waals surface area contributed by atoms with Crippen LogP contribution in [0.2, 0.25) is 0 Å². The van der Waals surface area contributed by atoms with Gasteiger partial charge in [0.05, 0.1) is 0 Å². The van der Waals surface area contributed by atoms with Crippen LogP contribution >= 0.6 is 11.3 Å². The summed E-state index contributed by atoms with van der Waals surface area (Å²) in [5.74, 6) is 0.825. The molecule has 0 amide bonds. The summed E-state index contributed by atoms with van der Waals surface area (Å²) in [6.07, 6.45) is 6.76. The average molecular weight is 296 g/mol. The zero-order valence-corrected chi connectivity index (χ0v) is 14.1. The van der Waals surface area contributed by atoms with E-state index in [-0.39, 0.29) is 5.60 Å². The standard InChI is InChI=1S/C16H28N2OS/c1-5-19-16(8-6-13(4)7-9-16)15-18-11-14(20-15)10-17-12(2)3/h11-13,17H,5-10H2,1-4H3. The fraction of sp³-hybridized carbons (Fsp3) is 0.812. The fourth-order valence-electron chi connectivity index (χ4n) is 2.83. The lowest BCUT2D eigenvalue weighted by molar-refractivity contribution is -0.0776. The number of aromatic nitrogens is 1. The first-order chi connectivity index (χ1) is 9.55. The maximum absolute atomic E-state index is 6.17. The highest BCUT2D eigenvalue weighted by molar-refractivity contribution is 7.11. The van der Waals surface area contributed by atoms with Gasteiger partial charge in [-0.2, -0.15) is 0 Å². The fourth-order valence-corrected chi connectivity index (χ4v) is 3.89. The second kappa shape index (κ2) is 7.01. The average Bonchev–Trinajstić information content (AvgIpc) is 2.89. The molecular weight excluding hydrogens is 268 g/mol. The van der Waals surface area contributed by atoms with E-state index in [9.17, 15) is 0 Å². The van der Waals surface area contributed by atoms with Crippen LogP contribution in [0.5, 0.6) is 0 Å². The van der Waals surface area contributed by atoms with Crippen LogP contribution in [0.3, 0.4) is 0 Å². The van der Waals surface area contributed by atoms with E-state index in [2.05, 4.69) is 38.0 Å². The van der Waals surface area contributed by atoms with Gasteiger partial charge in [0.2, 0.25) is 0 Å². The Morgan fingerprint density at radius 3 is 2.75 bits per heavy atom. The van der Waals surface area contributed by atoms with Gasteiger partial charge in [0, 0.05) is 30.3 Å². The summed E-state index contributed by atoms with van der Waals surface area (Å²) >= 11 is 1.82. The minimum atomic E-state index is -0.109. The van der Waals surface area contributed by atoms with E-state index in [0.29, 0.717) is 6.04 Å². The molecule has 0 spiro atoms. The van der Waals surface area contributed by atoms with Gasteiger partial charge < -0.3 is 10.1 Å². The first-order valence-electron chi connectivity index (χ1n) is 7.88. The normalized spacial score (nSPS) is 27.1. The van der Waals surface area contributed by atoms with Gasteiger partial charge in [-0.15, -0.1) is 11.3 Å². The first-order valence-corrected chi connectivity index (χ1v) is 8.70. The van der Waals surface area contributed by atoms with Crippen molar-refractivity contribution in [2.75, 3.05) is 6.61 Å². The lowest BCUT2D eigenvalue weighted by Crippen LogP contribution is -2.34. The molecule has 1 saturated carbocycles. The first kappa shape index (κ1) is 15.9. The number of rotatable bonds is 6. The maximum atomic E-state index is 6.17. The number of nitrogens with zero attached hydrogens (tertiary/aromatic N) is 1. The van der Waals surface area contributed by atoms with Gasteiger partial charge in [-0.05, 0) is 38.5 Å². The molecule has 0 aromatic carbocycles. The number of hydrogen-bond donors (Lipinski definition) is 1. The van der Waals surface area contributed by atoms with E-state index < -0.39 is 0 Å². The van der Waals surface area contributed by atoms with E-state index >= 15 is 0 Å². The molecule has 0 saturated heterocycles. The summed E-state index contributed by atoms with van der Waals surface area (Å²) in [6, 6.07) is 0.511. The van der Waals surface area contributed by atoms with Gasteiger partial charge in [-0.3, -0.25) is 0 Å². The Labute approximate surface area is 127 Å². The number of nitrogens with one attached hydrogen (secondary N) is 1. The predicted octanol–water partition coefficient (Wildman–Crippen LogP) is 4.08. The van der Waals surface area contributed by atoms with Gasteiger partial charge in [-0.1, -0.05) is 20.8 Å². The molecule has 1 heterocycles. The molecule has 0 aliphatic heterocycles. The van der Waals surface area contributed by atoms with E-state index in [1.807, 2.05) is 17.5 Å². The van der Waals surface area contributed by atoms with Crippen LogP contribution in [0.1, 0.15) is 63.3 Å². The highest BCUT2D eigenvalue weighted by atomic mass is 32.1. The molecule has 3 nitrogen and oxygen atoms in total. The van der Waals surface area contributed by atoms with Crippen molar-refractivity contribution in [1.29, 1.82) is 0 Å². The van der Waals surface area contributed by atoms with E-state index in [1.54, 1.807) is 0 Å². The van der Waals surface area contributed by atoms with Crippen molar-refractivity contribution >= 4 is 11.3 Å². The van der Waals surface area contributed by atoms with Crippen molar-refractivity contribution in [2.45, 2.75) is 71.6 Å². The quantitative estimate of drug-likeness (QED) is 0.859. The lowest BCUT2D eigenvalue weighted by Gasteiger charge is -2.37. The summed E-state index contributed by atoms with van der Waals surface area (Å²) in [6.45, 7) is 10.5. The summed E-state index contributed by atoms with van der Waals surface area (Å²) < 4.78 is 6.17. The maximum Gasteiger partial charge on any atom is 0.125 e. The molecule has 1 aromatic heterocycles. The second-order valence-electron chi connectivity index (χ2n) is 6.28. The largest absolute Gasteiger partial charge is 0.368 e. The number of hydrogen-bond acceptors (Lipinski definition) is 4. The van der Waals surface area contributed by atoms with Crippen LogP contribution < -0.4 is 5.32 Å².